The molecule has 92 valence electrons. The summed E-state index contributed by atoms with van der Waals surface area (Å²) in [6.45, 7) is 3.61. The van der Waals surface area contributed by atoms with Crippen LogP contribution in [0.25, 0.3) is 0 Å². The van der Waals surface area contributed by atoms with Crippen LogP contribution in [0.4, 0.5) is 0 Å². The molecule has 0 saturated carbocycles. The van der Waals surface area contributed by atoms with Gasteiger partial charge in [0.15, 0.2) is 5.82 Å². The Balaban J connectivity index is 2.94. The van der Waals surface area contributed by atoms with E-state index in [9.17, 15) is 9.59 Å². The third-order valence-electron chi connectivity index (χ3n) is 1.80. The molecule has 1 heterocycles. The fraction of sp³-hybridized carbons (Fsp3) is 0.500. The fourth-order valence-electron chi connectivity index (χ4n) is 1.15. The number of carbonyl (C=O) groups is 2. The minimum absolute atomic E-state index is 0.0237. The van der Waals surface area contributed by atoms with Crippen LogP contribution in [-0.4, -0.2) is 40.3 Å². The second-order valence-electron chi connectivity index (χ2n) is 2.94. The fourth-order valence-corrected chi connectivity index (χ4v) is 1.15. The average molecular weight is 239 g/mol. The number of rotatable bonds is 5. The Kier molecular flexibility index (Phi) is 4.99. The molecule has 0 atom stereocenters. The summed E-state index contributed by atoms with van der Waals surface area (Å²) < 4.78 is 9.56. The molecule has 0 bridgehead atoms. The quantitative estimate of drug-likeness (QED) is 0.530. The Morgan fingerprint density at radius 3 is 2.18 bits per heavy atom. The molecule has 0 saturated heterocycles. The van der Waals surface area contributed by atoms with E-state index in [0.717, 1.165) is 0 Å². The zero-order valence-electron chi connectivity index (χ0n) is 9.62. The molecule has 0 amide bonds. The molecule has 0 aromatic carbocycles. The van der Waals surface area contributed by atoms with Gasteiger partial charge < -0.3 is 9.47 Å². The lowest BCUT2D eigenvalue weighted by molar-refractivity contribution is -0.157. The normalized spacial score (nSPS) is 10.1. The van der Waals surface area contributed by atoms with Gasteiger partial charge in [-0.1, -0.05) is 0 Å². The highest BCUT2D eigenvalue weighted by Crippen LogP contribution is 2.14. The molecule has 7 nitrogen and oxygen atoms in total. The van der Waals surface area contributed by atoms with Crippen molar-refractivity contribution >= 4 is 11.9 Å². The van der Waals surface area contributed by atoms with Crippen molar-refractivity contribution in [2.24, 2.45) is 0 Å². The predicted octanol–water partition coefficient (Wildman–Crippen LogP) is 0.0814. The molecule has 7 heteroatoms. The van der Waals surface area contributed by atoms with Crippen molar-refractivity contribution in [1.29, 1.82) is 0 Å². The first-order chi connectivity index (χ1) is 8.20. The van der Waals surface area contributed by atoms with E-state index in [1.165, 1.54) is 12.4 Å². The number of aromatic nitrogens is 3. The Bertz CT molecular complexity index is 364. The van der Waals surface area contributed by atoms with E-state index in [2.05, 4.69) is 15.2 Å². The van der Waals surface area contributed by atoms with Gasteiger partial charge in [-0.05, 0) is 13.8 Å². The topological polar surface area (TPSA) is 91.3 Å². The molecule has 1 aromatic rings. The van der Waals surface area contributed by atoms with E-state index in [-0.39, 0.29) is 19.0 Å². The van der Waals surface area contributed by atoms with E-state index in [4.69, 9.17) is 9.47 Å². The number of hydrogen-bond donors (Lipinski definition) is 0. The molecule has 17 heavy (non-hydrogen) atoms. The molecule has 0 spiro atoms. The first-order valence-corrected chi connectivity index (χ1v) is 5.17. The van der Waals surface area contributed by atoms with E-state index in [1.54, 1.807) is 13.8 Å². The molecule has 0 N–H and O–H groups in total. The first kappa shape index (κ1) is 13.0. The molecule has 1 aromatic heterocycles. The Morgan fingerprint density at radius 1 is 1.18 bits per heavy atom. The Morgan fingerprint density at radius 2 is 1.76 bits per heavy atom. The number of ether oxygens (including phenoxy) is 2. The van der Waals surface area contributed by atoms with E-state index in [0.29, 0.717) is 0 Å². The highest BCUT2D eigenvalue weighted by molar-refractivity contribution is 5.99. The summed E-state index contributed by atoms with van der Waals surface area (Å²) >= 11 is 0. The van der Waals surface area contributed by atoms with Gasteiger partial charge in [0, 0.05) is 6.20 Å². The van der Waals surface area contributed by atoms with Crippen molar-refractivity contribution in [1.82, 2.24) is 15.2 Å². The maximum Gasteiger partial charge on any atom is 0.328 e. The van der Waals surface area contributed by atoms with Crippen LogP contribution in [0, 0.1) is 0 Å². The summed E-state index contributed by atoms with van der Waals surface area (Å²) in [5.74, 6) is -2.77. The maximum atomic E-state index is 11.6. The number of esters is 2. The van der Waals surface area contributed by atoms with E-state index in [1.807, 2.05) is 0 Å². The van der Waals surface area contributed by atoms with Gasteiger partial charge in [-0.3, -0.25) is 9.59 Å². The van der Waals surface area contributed by atoms with Gasteiger partial charge in [0.25, 0.3) is 0 Å². The van der Waals surface area contributed by atoms with Crippen LogP contribution < -0.4 is 0 Å². The zero-order chi connectivity index (χ0) is 12.7. The SMILES string of the molecule is CCOC(=O)C(C(=O)OCC)c1nccnn1. The number of carbonyl (C=O) groups excluding carboxylic acids is 2. The largest absolute Gasteiger partial charge is 0.465 e. The minimum Gasteiger partial charge on any atom is -0.465 e. The monoisotopic (exact) mass is 239 g/mol. The summed E-state index contributed by atoms with van der Waals surface area (Å²) in [7, 11) is 0. The molecule has 0 aliphatic carbocycles. The van der Waals surface area contributed by atoms with E-state index < -0.39 is 17.9 Å². The summed E-state index contributed by atoms with van der Waals surface area (Å²) in [4.78, 5) is 27.1. The standard InChI is InChI=1S/C10H13N3O4/c1-3-16-9(14)7(10(15)17-4-2)8-11-5-6-12-13-8/h5-7H,3-4H2,1-2H3. The predicted molar refractivity (Wildman–Crippen MR) is 55.8 cm³/mol. The van der Waals surface area contributed by atoms with Crippen molar-refractivity contribution in [3.05, 3.63) is 18.2 Å². The summed E-state index contributed by atoms with van der Waals surface area (Å²) in [5.41, 5.74) is 0. The highest BCUT2D eigenvalue weighted by Gasteiger charge is 2.34. The smallest absolute Gasteiger partial charge is 0.328 e. The number of nitrogens with zero attached hydrogens (tertiary/aromatic N) is 3. The molecule has 1 rings (SSSR count). The molecule has 0 radical (unpaired) electrons. The first-order valence-electron chi connectivity index (χ1n) is 5.17. The van der Waals surface area contributed by atoms with Gasteiger partial charge in [0.2, 0.25) is 5.92 Å². The van der Waals surface area contributed by atoms with Crippen molar-refractivity contribution in [2.75, 3.05) is 13.2 Å². The third kappa shape index (κ3) is 3.47. The van der Waals surface area contributed by atoms with Gasteiger partial charge >= 0.3 is 11.9 Å². The highest BCUT2D eigenvalue weighted by atomic mass is 16.6. The van der Waals surface area contributed by atoms with Crippen LogP contribution in [0.1, 0.15) is 25.6 Å². The lowest BCUT2D eigenvalue weighted by Crippen LogP contribution is -2.28. The minimum atomic E-state index is -1.27. The zero-order valence-corrected chi connectivity index (χ0v) is 9.62. The lowest BCUT2D eigenvalue weighted by atomic mass is 10.1. The van der Waals surface area contributed by atoms with Crippen LogP contribution in [0.2, 0.25) is 0 Å². The molecule has 0 aliphatic heterocycles. The van der Waals surface area contributed by atoms with Gasteiger partial charge in [-0.25, -0.2) is 4.98 Å². The third-order valence-corrected chi connectivity index (χ3v) is 1.80. The van der Waals surface area contributed by atoms with Gasteiger partial charge in [0.05, 0.1) is 19.4 Å². The number of hydrogen-bond acceptors (Lipinski definition) is 7. The maximum absolute atomic E-state index is 11.6. The van der Waals surface area contributed by atoms with Crippen LogP contribution in [-0.2, 0) is 19.1 Å². The van der Waals surface area contributed by atoms with Crippen molar-refractivity contribution < 1.29 is 19.1 Å². The lowest BCUT2D eigenvalue weighted by Gasteiger charge is -2.11. The van der Waals surface area contributed by atoms with E-state index >= 15 is 0 Å². The molecule has 0 unspecified atom stereocenters. The van der Waals surface area contributed by atoms with Crippen LogP contribution in [0.3, 0.4) is 0 Å². The average Bonchev–Trinajstić information content (AvgIpc) is 2.31. The molecular weight excluding hydrogens is 226 g/mol. The van der Waals surface area contributed by atoms with Crippen LogP contribution in [0.15, 0.2) is 12.4 Å². The second kappa shape index (κ2) is 6.51. The van der Waals surface area contributed by atoms with Crippen molar-refractivity contribution in [3.63, 3.8) is 0 Å². The Labute approximate surface area is 98.2 Å². The molecule has 0 fully saturated rings. The van der Waals surface area contributed by atoms with Crippen molar-refractivity contribution in [3.8, 4) is 0 Å². The van der Waals surface area contributed by atoms with Gasteiger partial charge in [-0.15, -0.1) is 5.10 Å². The summed E-state index contributed by atoms with van der Waals surface area (Å²) in [6, 6.07) is 0. The van der Waals surface area contributed by atoms with Gasteiger partial charge in [-0.2, -0.15) is 5.10 Å². The second-order valence-corrected chi connectivity index (χ2v) is 2.94. The Hall–Kier alpha value is -2.05. The van der Waals surface area contributed by atoms with Gasteiger partial charge in [0.1, 0.15) is 0 Å². The summed E-state index contributed by atoms with van der Waals surface area (Å²) in [5, 5.41) is 7.19. The van der Waals surface area contributed by atoms with Crippen LogP contribution in [0.5, 0.6) is 0 Å². The van der Waals surface area contributed by atoms with Crippen molar-refractivity contribution in [2.45, 2.75) is 19.8 Å². The molecule has 0 aliphatic rings. The molecular formula is C10H13N3O4. The van der Waals surface area contributed by atoms with Crippen LogP contribution >= 0.6 is 0 Å². The summed E-state index contributed by atoms with van der Waals surface area (Å²) in [6.07, 6.45) is 2.69.